The van der Waals surface area contributed by atoms with E-state index in [1.807, 2.05) is 18.2 Å². The van der Waals surface area contributed by atoms with E-state index in [0.29, 0.717) is 17.2 Å². The van der Waals surface area contributed by atoms with Gasteiger partial charge < -0.3 is 18.9 Å². The van der Waals surface area contributed by atoms with Gasteiger partial charge in [0.25, 0.3) is 0 Å². The van der Waals surface area contributed by atoms with Gasteiger partial charge in [-0.1, -0.05) is 34.9 Å². The molecule has 1 aromatic rings. The van der Waals surface area contributed by atoms with Gasteiger partial charge in [0.15, 0.2) is 0 Å². The molecule has 1 aliphatic heterocycles. The number of carbonyl (C=O) groups is 3. The van der Waals surface area contributed by atoms with Gasteiger partial charge >= 0.3 is 17.9 Å². The molecule has 0 amide bonds. The number of aryl methyl sites for hydroxylation is 1. The molecule has 0 aromatic heterocycles. The Morgan fingerprint density at radius 1 is 1.12 bits per heavy atom. The van der Waals surface area contributed by atoms with Crippen molar-refractivity contribution < 1.29 is 33.3 Å². The number of hydrogen-bond acceptors (Lipinski definition) is 9. The minimum Gasteiger partial charge on any atom is -0.463 e. The monoisotopic (exact) mass is 485 g/mol. The van der Waals surface area contributed by atoms with Crippen molar-refractivity contribution >= 4 is 41.3 Å². The largest absolute Gasteiger partial charge is 0.463 e. The molecule has 174 valence electrons. The van der Waals surface area contributed by atoms with Gasteiger partial charge in [-0.2, -0.15) is 0 Å². The zero-order valence-corrected chi connectivity index (χ0v) is 19.4. The summed E-state index contributed by atoms with van der Waals surface area (Å²) in [6, 6.07) is 6.31. The van der Waals surface area contributed by atoms with E-state index in [4.69, 9.17) is 36.1 Å². The lowest BCUT2D eigenvalue weighted by Crippen LogP contribution is -2.59. The summed E-state index contributed by atoms with van der Waals surface area (Å²) in [5.41, 5.74) is 9.26. The summed E-state index contributed by atoms with van der Waals surface area (Å²) in [5, 5.41) is 4.36. The van der Waals surface area contributed by atoms with Crippen LogP contribution in [-0.4, -0.2) is 60.1 Å². The first kappa shape index (κ1) is 25.8. The van der Waals surface area contributed by atoms with Crippen LogP contribution in [0.15, 0.2) is 29.4 Å². The third-order valence-electron chi connectivity index (χ3n) is 4.47. The second-order valence-electron chi connectivity index (χ2n) is 6.90. The smallest absolute Gasteiger partial charge is 0.303 e. The van der Waals surface area contributed by atoms with Crippen LogP contribution in [0, 0.1) is 0 Å². The van der Waals surface area contributed by atoms with E-state index >= 15 is 0 Å². The molecule has 0 N–H and O–H groups in total. The highest BCUT2D eigenvalue weighted by atomic mass is 35.5. The van der Waals surface area contributed by atoms with Crippen LogP contribution in [0.2, 0.25) is 5.02 Å². The maximum Gasteiger partial charge on any atom is 0.303 e. The quantitative estimate of drug-likeness (QED) is 0.170. The molecular formula is C20H24ClN3O7S. The SMILES string of the molecule is CC(=O)OC[C@H]1O[C@H](SCCc2ccccc2Cl)[C@H](OC(C)=O)[C@@H](N=[N+]=[N-])[C@H]1OC(C)=O. The molecule has 0 spiro atoms. The van der Waals surface area contributed by atoms with Crippen molar-refractivity contribution in [3.05, 3.63) is 45.3 Å². The molecule has 0 radical (unpaired) electrons. The van der Waals surface area contributed by atoms with Gasteiger partial charge in [-0.05, 0) is 23.6 Å². The zero-order valence-electron chi connectivity index (χ0n) is 17.8. The number of halogens is 1. The van der Waals surface area contributed by atoms with E-state index in [1.54, 1.807) is 6.07 Å². The van der Waals surface area contributed by atoms with E-state index < -0.39 is 47.7 Å². The molecule has 2 rings (SSSR count). The third kappa shape index (κ3) is 7.59. The molecule has 1 saturated heterocycles. The third-order valence-corrected chi connectivity index (χ3v) is 5.98. The van der Waals surface area contributed by atoms with Gasteiger partial charge in [0, 0.05) is 36.5 Å². The first-order chi connectivity index (χ1) is 15.2. The molecule has 32 heavy (non-hydrogen) atoms. The van der Waals surface area contributed by atoms with Crippen LogP contribution in [0.5, 0.6) is 0 Å². The summed E-state index contributed by atoms with van der Waals surface area (Å²) < 4.78 is 21.8. The molecule has 1 fully saturated rings. The maximum absolute atomic E-state index is 11.8. The van der Waals surface area contributed by atoms with Crippen molar-refractivity contribution in [2.45, 2.75) is 57.0 Å². The van der Waals surface area contributed by atoms with E-state index in [1.165, 1.54) is 32.5 Å². The van der Waals surface area contributed by atoms with Crippen LogP contribution in [-0.2, 0) is 39.8 Å². The lowest BCUT2D eigenvalue weighted by atomic mass is 9.97. The number of rotatable bonds is 9. The molecular weight excluding hydrogens is 462 g/mol. The number of ether oxygens (including phenoxy) is 4. The van der Waals surface area contributed by atoms with Crippen LogP contribution in [0.4, 0.5) is 0 Å². The summed E-state index contributed by atoms with van der Waals surface area (Å²) in [5.74, 6) is -1.29. The fourth-order valence-corrected chi connectivity index (χ4v) is 4.62. The van der Waals surface area contributed by atoms with Crippen molar-refractivity contribution in [3.8, 4) is 0 Å². The van der Waals surface area contributed by atoms with Crippen molar-refractivity contribution in [3.63, 3.8) is 0 Å². The first-order valence-electron chi connectivity index (χ1n) is 9.75. The molecule has 0 bridgehead atoms. The highest BCUT2D eigenvalue weighted by Gasteiger charge is 2.49. The molecule has 1 heterocycles. The molecule has 1 aliphatic rings. The Morgan fingerprint density at radius 3 is 2.38 bits per heavy atom. The van der Waals surface area contributed by atoms with Crippen LogP contribution in [0.1, 0.15) is 26.3 Å². The van der Waals surface area contributed by atoms with Crippen molar-refractivity contribution in [1.29, 1.82) is 0 Å². The minimum absolute atomic E-state index is 0.237. The van der Waals surface area contributed by atoms with E-state index in [9.17, 15) is 14.4 Å². The van der Waals surface area contributed by atoms with Crippen LogP contribution in [0.3, 0.4) is 0 Å². The van der Waals surface area contributed by atoms with Crippen molar-refractivity contribution in [2.24, 2.45) is 5.11 Å². The maximum atomic E-state index is 11.8. The van der Waals surface area contributed by atoms with Gasteiger partial charge in [-0.3, -0.25) is 14.4 Å². The summed E-state index contributed by atoms with van der Waals surface area (Å²) >= 11 is 7.52. The number of thioether (sulfide) groups is 1. The molecule has 12 heteroatoms. The van der Waals surface area contributed by atoms with Gasteiger partial charge in [-0.15, -0.1) is 11.8 Å². The molecule has 0 saturated carbocycles. The number of azide groups is 1. The first-order valence-corrected chi connectivity index (χ1v) is 11.2. The van der Waals surface area contributed by atoms with Gasteiger partial charge in [0.05, 0.1) is 0 Å². The standard InChI is InChI=1S/C20H24ClN3O7S/c1-11(25)28-10-16-18(29-12(2)26)17(23-24-22)19(30-13(3)27)20(31-16)32-9-8-14-6-4-5-7-15(14)21/h4-7,16-20H,8-10H2,1-3H3/t16-,17+,18+,19-,20-/m1/s1. The Labute approximate surface area is 194 Å². The highest BCUT2D eigenvalue weighted by Crippen LogP contribution is 2.35. The second-order valence-corrected chi connectivity index (χ2v) is 8.51. The van der Waals surface area contributed by atoms with Crippen LogP contribution >= 0.6 is 23.4 Å². The van der Waals surface area contributed by atoms with Crippen LogP contribution in [0.25, 0.3) is 10.4 Å². The summed E-state index contributed by atoms with van der Waals surface area (Å²) in [7, 11) is 0. The molecule has 0 aliphatic carbocycles. The zero-order chi connectivity index (χ0) is 23.7. The molecule has 10 nitrogen and oxygen atoms in total. The van der Waals surface area contributed by atoms with Gasteiger partial charge in [0.1, 0.15) is 36.4 Å². The predicted molar refractivity (Wildman–Crippen MR) is 117 cm³/mol. The van der Waals surface area contributed by atoms with E-state index in [2.05, 4.69) is 10.0 Å². The summed E-state index contributed by atoms with van der Waals surface area (Å²) in [4.78, 5) is 37.6. The van der Waals surface area contributed by atoms with E-state index in [-0.39, 0.29) is 6.61 Å². The van der Waals surface area contributed by atoms with Gasteiger partial charge in [-0.25, -0.2) is 0 Å². The minimum atomic E-state index is -1.12. The number of carbonyl (C=O) groups excluding carboxylic acids is 3. The predicted octanol–water partition coefficient (Wildman–Crippen LogP) is 3.45. The fourth-order valence-electron chi connectivity index (χ4n) is 3.19. The lowest BCUT2D eigenvalue weighted by molar-refractivity contribution is -0.201. The Morgan fingerprint density at radius 2 is 1.78 bits per heavy atom. The number of nitrogens with zero attached hydrogens (tertiary/aromatic N) is 3. The Balaban J connectivity index is 2.27. The van der Waals surface area contributed by atoms with Gasteiger partial charge in [0.2, 0.25) is 0 Å². The van der Waals surface area contributed by atoms with Crippen LogP contribution < -0.4 is 0 Å². The van der Waals surface area contributed by atoms with E-state index in [0.717, 1.165) is 5.56 Å². The number of esters is 3. The summed E-state index contributed by atoms with van der Waals surface area (Å²) in [6.07, 6.45) is -2.47. The summed E-state index contributed by atoms with van der Waals surface area (Å²) in [6.45, 7) is 3.39. The Bertz CT molecular complexity index is 881. The number of benzene rings is 1. The lowest BCUT2D eigenvalue weighted by Gasteiger charge is -2.43. The van der Waals surface area contributed by atoms with Crippen molar-refractivity contribution in [2.75, 3.05) is 12.4 Å². The molecule has 5 atom stereocenters. The topological polar surface area (TPSA) is 137 Å². The average molecular weight is 486 g/mol. The molecule has 1 aromatic carbocycles. The average Bonchev–Trinajstić information content (AvgIpc) is 2.71. The fraction of sp³-hybridized carbons (Fsp3) is 0.550. The normalized spacial score (nSPS) is 24.7. The Hall–Kier alpha value is -2.46. The number of hydrogen-bond donors (Lipinski definition) is 0. The second kappa shape index (κ2) is 12.5. The van der Waals surface area contributed by atoms with Crippen molar-refractivity contribution in [1.82, 2.24) is 0 Å². The highest BCUT2D eigenvalue weighted by molar-refractivity contribution is 7.99. The molecule has 0 unspecified atom stereocenters. The Kier molecular flexibility index (Phi) is 10.1.